The summed E-state index contributed by atoms with van der Waals surface area (Å²) >= 11 is 0. The molecule has 0 aromatic heterocycles. The summed E-state index contributed by atoms with van der Waals surface area (Å²) in [6, 6.07) is 4.76. The van der Waals surface area contributed by atoms with E-state index in [1.165, 1.54) is 0 Å². The molecular formula is C12H8O3. The van der Waals surface area contributed by atoms with Gasteiger partial charge in [0.1, 0.15) is 6.29 Å². The van der Waals surface area contributed by atoms with Gasteiger partial charge in [-0.25, -0.2) is 0 Å². The van der Waals surface area contributed by atoms with Crippen LogP contribution in [-0.2, 0) is 4.79 Å². The van der Waals surface area contributed by atoms with Crippen molar-refractivity contribution in [1.29, 1.82) is 0 Å². The molecule has 3 heteroatoms. The van der Waals surface area contributed by atoms with E-state index in [9.17, 15) is 14.4 Å². The van der Waals surface area contributed by atoms with E-state index < -0.39 is 0 Å². The number of carbonyl (C=O) groups excluding carboxylic acids is 3. The van der Waals surface area contributed by atoms with Crippen LogP contribution in [-0.4, -0.2) is 18.9 Å². The fourth-order valence-corrected chi connectivity index (χ4v) is 1.11. The molecule has 74 valence electrons. The maximum Gasteiger partial charge on any atom is 0.151 e. The molecule has 0 radical (unpaired) electrons. The van der Waals surface area contributed by atoms with E-state index in [0.717, 1.165) is 0 Å². The summed E-state index contributed by atoms with van der Waals surface area (Å²) in [6.07, 6.45) is 2.03. The van der Waals surface area contributed by atoms with E-state index in [0.29, 0.717) is 35.5 Å². The first kappa shape index (κ1) is 10.9. The molecule has 0 aliphatic heterocycles. The van der Waals surface area contributed by atoms with Crippen LogP contribution >= 0.6 is 0 Å². The molecule has 0 spiro atoms. The van der Waals surface area contributed by atoms with Gasteiger partial charge < -0.3 is 4.79 Å². The van der Waals surface area contributed by atoms with Crippen molar-refractivity contribution in [2.75, 3.05) is 0 Å². The third kappa shape index (κ3) is 2.61. The highest BCUT2D eigenvalue weighted by molar-refractivity contribution is 5.88. The van der Waals surface area contributed by atoms with Crippen molar-refractivity contribution in [3.63, 3.8) is 0 Å². The number of hydrogen-bond acceptors (Lipinski definition) is 3. The van der Waals surface area contributed by atoms with Gasteiger partial charge in [0, 0.05) is 16.7 Å². The first-order chi connectivity index (χ1) is 7.33. The lowest BCUT2D eigenvalue weighted by atomic mass is 10.0. The van der Waals surface area contributed by atoms with Crippen LogP contribution in [0.5, 0.6) is 0 Å². The summed E-state index contributed by atoms with van der Waals surface area (Å²) in [7, 11) is 0. The van der Waals surface area contributed by atoms with Crippen molar-refractivity contribution in [2.45, 2.75) is 6.42 Å². The third-order valence-corrected chi connectivity index (χ3v) is 1.78. The maximum atomic E-state index is 10.7. The van der Waals surface area contributed by atoms with Crippen molar-refractivity contribution in [3.05, 3.63) is 34.9 Å². The lowest BCUT2D eigenvalue weighted by molar-refractivity contribution is -0.107. The molecule has 0 fully saturated rings. The summed E-state index contributed by atoms with van der Waals surface area (Å²) in [5, 5.41) is 0. The van der Waals surface area contributed by atoms with Crippen LogP contribution in [0, 0.1) is 11.8 Å². The van der Waals surface area contributed by atoms with E-state index in [1.807, 2.05) is 0 Å². The van der Waals surface area contributed by atoms with Crippen LogP contribution in [0.2, 0.25) is 0 Å². The Balaban J connectivity index is 3.23. The Morgan fingerprint density at radius 3 is 2.13 bits per heavy atom. The fourth-order valence-electron chi connectivity index (χ4n) is 1.11. The van der Waals surface area contributed by atoms with Crippen LogP contribution in [0.1, 0.15) is 32.7 Å². The second-order valence-corrected chi connectivity index (χ2v) is 2.72. The van der Waals surface area contributed by atoms with Crippen molar-refractivity contribution in [2.24, 2.45) is 0 Å². The van der Waals surface area contributed by atoms with Crippen molar-refractivity contribution in [3.8, 4) is 11.8 Å². The summed E-state index contributed by atoms with van der Waals surface area (Å²) in [4.78, 5) is 31.4. The Kier molecular flexibility index (Phi) is 3.99. The number of aldehydes is 3. The molecule has 1 aromatic carbocycles. The Hall–Kier alpha value is -2.21. The molecule has 0 unspecified atom stereocenters. The average molecular weight is 200 g/mol. The second kappa shape index (κ2) is 5.51. The van der Waals surface area contributed by atoms with Crippen LogP contribution in [0.15, 0.2) is 18.2 Å². The summed E-state index contributed by atoms with van der Waals surface area (Å²) in [6.45, 7) is 0. The van der Waals surface area contributed by atoms with Gasteiger partial charge in [-0.1, -0.05) is 30.0 Å². The smallest absolute Gasteiger partial charge is 0.151 e. The zero-order valence-corrected chi connectivity index (χ0v) is 7.90. The molecule has 0 aliphatic carbocycles. The van der Waals surface area contributed by atoms with E-state index >= 15 is 0 Å². The van der Waals surface area contributed by atoms with E-state index in [-0.39, 0.29) is 6.42 Å². The fraction of sp³-hybridized carbons (Fsp3) is 0.0833. The van der Waals surface area contributed by atoms with Gasteiger partial charge in [-0.3, -0.25) is 9.59 Å². The van der Waals surface area contributed by atoms with Gasteiger partial charge in [0.05, 0.1) is 6.42 Å². The zero-order valence-electron chi connectivity index (χ0n) is 7.90. The Morgan fingerprint density at radius 1 is 1.07 bits per heavy atom. The molecule has 15 heavy (non-hydrogen) atoms. The monoisotopic (exact) mass is 200 g/mol. The third-order valence-electron chi connectivity index (χ3n) is 1.78. The molecule has 0 bridgehead atoms. The van der Waals surface area contributed by atoms with E-state index in [1.54, 1.807) is 18.2 Å². The van der Waals surface area contributed by atoms with Crippen LogP contribution in [0.3, 0.4) is 0 Å². The molecule has 0 atom stereocenters. The first-order valence-corrected chi connectivity index (χ1v) is 4.29. The SMILES string of the molecule is O=CCC#Cc1c(C=O)cccc1C=O. The number of benzene rings is 1. The molecular weight excluding hydrogens is 192 g/mol. The van der Waals surface area contributed by atoms with Crippen LogP contribution in [0.4, 0.5) is 0 Å². The molecule has 1 aromatic rings. The highest BCUT2D eigenvalue weighted by atomic mass is 16.1. The predicted molar refractivity (Wildman–Crippen MR) is 54.8 cm³/mol. The summed E-state index contributed by atoms with van der Waals surface area (Å²) in [5.41, 5.74) is 1.10. The molecule has 0 aliphatic rings. The number of carbonyl (C=O) groups is 3. The minimum Gasteiger partial charge on any atom is -0.302 e. The minimum atomic E-state index is 0.0888. The van der Waals surface area contributed by atoms with Gasteiger partial charge in [-0.15, -0.1) is 0 Å². The largest absolute Gasteiger partial charge is 0.302 e. The first-order valence-electron chi connectivity index (χ1n) is 4.29. The number of hydrogen-bond donors (Lipinski definition) is 0. The summed E-state index contributed by atoms with van der Waals surface area (Å²) in [5.74, 6) is 5.21. The van der Waals surface area contributed by atoms with Gasteiger partial charge >= 0.3 is 0 Å². The average Bonchev–Trinajstić information content (AvgIpc) is 2.29. The Bertz CT molecular complexity index is 423. The van der Waals surface area contributed by atoms with Gasteiger partial charge in [0.25, 0.3) is 0 Å². The quantitative estimate of drug-likeness (QED) is 0.545. The van der Waals surface area contributed by atoms with E-state index in [2.05, 4.69) is 11.8 Å². The minimum absolute atomic E-state index is 0.0888. The molecule has 0 heterocycles. The molecule has 0 N–H and O–H groups in total. The van der Waals surface area contributed by atoms with Crippen molar-refractivity contribution >= 4 is 18.9 Å². The van der Waals surface area contributed by atoms with Gasteiger partial charge in [0.15, 0.2) is 12.6 Å². The summed E-state index contributed by atoms with van der Waals surface area (Å²) < 4.78 is 0. The van der Waals surface area contributed by atoms with Crippen molar-refractivity contribution < 1.29 is 14.4 Å². The van der Waals surface area contributed by atoms with Crippen LogP contribution in [0.25, 0.3) is 0 Å². The van der Waals surface area contributed by atoms with Gasteiger partial charge in [-0.05, 0) is 0 Å². The highest BCUT2D eigenvalue weighted by Crippen LogP contribution is 2.10. The Labute approximate surface area is 87.1 Å². The van der Waals surface area contributed by atoms with Crippen molar-refractivity contribution in [1.82, 2.24) is 0 Å². The highest BCUT2D eigenvalue weighted by Gasteiger charge is 2.03. The molecule has 0 saturated heterocycles. The maximum absolute atomic E-state index is 10.7. The molecule has 1 rings (SSSR count). The molecule has 3 nitrogen and oxygen atoms in total. The molecule has 0 saturated carbocycles. The number of rotatable bonds is 3. The van der Waals surface area contributed by atoms with Gasteiger partial charge in [0.2, 0.25) is 0 Å². The van der Waals surface area contributed by atoms with Gasteiger partial charge in [-0.2, -0.15) is 0 Å². The standard InChI is InChI=1S/C12H8O3/c13-7-2-1-6-12-10(8-14)4-3-5-11(12)9-15/h3-5,7-9H,2H2. The van der Waals surface area contributed by atoms with Crippen LogP contribution < -0.4 is 0 Å². The normalized spacial score (nSPS) is 8.53. The topological polar surface area (TPSA) is 51.2 Å². The predicted octanol–water partition coefficient (Wildman–Crippen LogP) is 1.25. The second-order valence-electron chi connectivity index (χ2n) is 2.72. The zero-order chi connectivity index (χ0) is 11.1. The lowest BCUT2D eigenvalue weighted by Gasteiger charge is -1.98. The van der Waals surface area contributed by atoms with E-state index in [4.69, 9.17) is 0 Å². The molecule has 0 amide bonds. The lowest BCUT2D eigenvalue weighted by Crippen LogP contribution is -1.93. The Morgan fingerprint density at radius 2 is 1.67 bits per heavy atom.